The quantitative estimate of drug-likeness (QED) is 0.755. The van der Waals surface area contributed by atoms with E-state index in [4.69, 9.17) is 0 Å². The van der Waals surface area contributed by atoms with Gasteiger partial charge in [0, 0.05) is 54.9 Å². The zero-order valence-electron chi connectivity index (χ0n) is 13.7. The van der Waals surface area contributed by atoms with Crippen molar-refractivity contribution >= 4 is 23.0 Å². The first kappa shape index (κ1) is 16.0. The maximum atomic E-state index is 4.62. The standard InChI is InChI=1S/C17H19N7S/c1-2-13(10-24(7-1)11-14-8-19-12-25-14)16-17(22-6-5-21-16)23-15-9-18-3-4-20-15/h3-6,8-9,12-13H,1-2,7,10-11H2,(H,20,22,23). The van der Waals surface area contributed by atoms with Crippen molar-refractivity contribution in [2.24, 2.45) is 0 Å². The smallest absolute Gasteiger partial charge is 0.153 e. The van der Waals surface area contributed by atoms with Gasteiger partial charge < -0.3 is 5.32 Å². The van der Waals surface area contributed by atoms with Crippen LogP contribution in [-0.2, 0) is 6.54 Å². The van der Waals surface area contributed by atoms with Gasteiger partial charge in [-0.15, -0.1) is 11.3 Å². The SMILES string of the molecule is c1cnc(Nc2nccnc2C2CCCN(Cc3cncs3)C2)cn1. The Hall–Kier alpha value is -2.45. The Kier molecular flexibility index (Phi) is 4.89. The van der Waals surface area contributed by atoms with Crippen molar-refractivity contribution in [2.75, 3.05) is 18.4 Å². The molecule has 0 bridgehead atoms. The summed E-state index contributed by atoms with van der Waals surface area (Å²) >= 11 is 1.71. The van der Waals surface area contributed by atoms with Crippen molar-refractivity contribution in [1.29, 1.82) is 0 Å². The van der Waals surface area contributed by atoms with E-state index in [1.165, 1.54) is 4.88 Å². The topological polar surface area (TPSA) is 79.7 Å². The van der Waals surface area contributed by atoms with E-state index in [9.17, 15) is 0 Å². The number of piperidine rings is 1. The Bertz CT molecular complexity index is 794. The molecule has 4 rings (SSSR count). The van der Waals surface area contributed by atoms with Gasteiger partial charge in [-0.25, -0.2) is 9.97 Å². The number of nitrogens with zero attached hydrogens (tertiary/aromatic N) is 6. The molecule has 3 aromatic rings. The summed E-state index contributed by atoms with van der Waals surface area (Å²) in [4.78, 5) is 25.4. The van der Waals surface area contributed by atoms with E-state index in [1.807, 2.05) is 11.7 Å². The summed E-state index contributed by atoms with van der Waals surface area (Å²) in [6, 6.07) is 0. The lowest BCUT2D eigenvalue weighted by Crippen LogP contribution is -2.34. The Labute approximate surface area is 150 Å². The molecule has 1 N–H and O–H groups in total. The summed E-state index contributed by atoms with van der Waals surface area (Å²) in [5.74, 6) is 1.81. The van der Waals surface area contributed by atoms with Gasteiger partial charge in [0.1, 0.15) is 5.82 Å². The number of hydrogen-bond acceptors (Lipinski definition) is 8. The molecule has 1 atom stereocenters. The van der Waals surface area contributed by atoms with Gasteiger partial charge in [0.15, 0.2) is 5.82 Å². The Morgan fingerprint density at radius 1 is 1.08 bits per heavy atom. The normalized spacial score (nSPS) is 18.2. The van der Waals surface area contributed by atoms with E-state index >= 15 is 0 Å². The van der Waals surface area contributed by atoms with Crippen molar-refractivity contribution < 1.29 is 0 Å². The highest BCUT2D eigenvalue weighted by molar-refractivity contribution is 7.09. The number of nitrogens with one attached hydrogen (secondary N) is 1. The molecule has 1 unspecified atom stereocenters. The molecule has 128 valence electrons. The van der Waals surface area contributed by atoms with Crippen molar-refractivity contribution in [3.8, 4) is 0 Å². The fourth-order valence-corrected chi connectivity index (χ4v) is 3.83. The molecule has 3 aromatic heterocycles. The first-order valence-electron chi connectivity index (χ1n) is 8.32. The van der Waals surface area contributed by atoms with Crippen LogP contribution in [0.25, 0.3) is 0 Å². The molecule has 1 saturated heterocycles. The second kappa shape index (κ2) is 7.62. The third kappa shape index (κ3) is 3.97. The number of hydrogen-bond donors (Lipinski definition) is 1. The molecule has 7 nitrogen and oxygen atoms in total. The van der Waals surface area contributed by atoms with Crippen LogP contribution in [0, 0.1) is 0 Å². The number of anilines is 2. The predicted octanol–water partition coefficient (Wildman–Crippen LogP) is 2.85. The third-order valence-electron chi connectivity index (χ3n) is 4.29. The van der Waals surface area contributed by atoms with Gasteiger partial charge in [0.05, 0.1) is 17.4 Å². The molecule has 8 heteroatoms. The van der Waals surface area contributed by atoms with Crippen molar-refractivity contribution in [3.63, 3.8) is 0 Å². The molecule has 0 radical (unpaired) electrons. The van der Waals surface area contributed by atoms with Gasteiger partial charge in [0.2, 0.25) is 0 Å². The Morgan fingerprint density at radius 2 is 2.00 bits per heavy atom. The van der Waals surface area contributed by atoms with Crippen LogP contribution in [-0.4, -0.2) is 42.9 Å². The van der Waals surface area contributed by atoms with Crippen molar-refractivity contribution in [2.45, 2.75) is 25.3 Å². The second-order valence-corrected chi connectivity index (χ2v) is 7.02. The zero-order valence-corrected chi connectivity index (χ0v) is 14.6. The fourth-order valence-electron chi connectivity index (χ4n) is 3.19. The number of aromatic nitrogens is 5. The van der Waals surface area contributed by atoms with E-state index in [1.54, 1.807) is 42.3 Å². The van der Waals surface area contributed by atoms with Gasteiger partial charge in [0.25, 0.3) is 0 Å². The summed E-state index contributed by atoms with van der Waals surface area (Å²) in [6.07, 6.45) is 12.7. The summed E-state index contributed by atoms with van der Waals surface area (Å²) in [5.41, 5.74) is 2.89. The minimum absolute atomic E-state index is 0.356. The van der Waals surface area contributed by atoms with Crippen LogP contribution in [0.3, 0.4) is 0 Å². The average molecular weight is 353 g/mol. The lowest BCUT2D eigenvalue weighted by molar-refractivity contribution is 0.200. The van der Waals surface area contributed by atoms with Crippen LogP contribution >= 0.6 is 11.3 Å². The van der Waals surface area contributed by atoms with Gasteiger partial charge in [-0.2, -0.15) is 0 Å². The fraction of sp³-hybridized carbons (Fsp3) is 0.353. The number of rotatable bonds is 5. The summed E-state index contributed by atoms with van der Waals surface area (Å²) in [6.45, 7) is 3.04. The molecular weight excluding hydrogens is 334 g/mol. The molecule has 0 spiro atoms. The van der Waals surface area contributed by atoms with Crippen molar-refractivity contribution in [1.82, 2.24) is 29.8 Å². The lowest BCUT2D eigenvalue weighted by Gasteiger charge is -2.32. The molecule has 0 amide bonds. The lowest BCUT2D eigenvalue weighted by atomic mass is 9.94. The highest BCUT2D eigenvalue weighted by Gasteiger charge is 2.25. The molecular formula is C17H19N7S. The van der Waals surface area contributed by atoms with Crippen LogP contribution in [0.15, 0.2) is 42.7 Å². The molecule has 4 heterocycles. The summed E-state index contributed by atoms with van der Waals surface area (Å²) in [7, 11) is 0. The van der Waals surface area contributed by atoms with Crippen LogP contribution in [0.2, 0.25) is 0 Å². The summed E-state index contributed by atoms with van der Waals surface area (Å²) in [5, 5.41) is 3.26. The molecule has 0 aliphatic carbocycles. The molecule has 0 aromatic carbocycles. The zero-order chi connectivity index (χ0) is 16.9. The Morgan fingerprint density at radius 3 is 2.84 bits per heavy atom. The monoisotopic (exact) mass is 353 g/mol. The van der Waals surface area contributed by atoms with Gasteiger partial charge >= 0.3 is 0 Å². The predicted molar refractivity (Wildman–Crippen MR) is 96.7 cm³/mol. The van der Waals surface area contributed by atoms with Crippen molar-refractivity contribution in [3.05, 3.63) is 53.3 Å². The third-order valence-corrected chi connectivity index (χ3v) is 5.06. The molecule has 1 aliphatic rings. The Balaban J connectivity index is 1.51. The van der Waals surface area contributed by atoms with Gasteiger partial charge in [-0.1, -0.05) is 0 Å². The highest BCUT2D eigenvalue weighted by atomic mass is 32.1. The molecule has 0 saturated carbocycles. The highest BCUT2D eigenvalue weighted by Crippen LogP contribution is 2.31. The van der Waals surface area contributed by atoms with Gasteiger partial charge in [-0.05, 0) is 19.4 Å². The maximum Gasteiger partial charge on any atom is 0.153 e. The van der Waals surface area contributed by atoms with E-state index in [-0.39, 0.29) is 0 Å². The van der Waals surface area contributed by atoms with Crippen LogP contribution in [0.4, 0.5) is 11.6 Å². The van der Waals surface area contributed by atoms with E-state index < -0.39 is 0 Å². The number of thiazole rings is 1. The van der Waals surface area contributed by atoms with Crippen LogP contribution < -0.4 is 5.32 Å². The number of likely N-dealkylation sites (tertiary alicyclic amines) is 1. The van der Waals surface area contributed by atoms with E-state index in [0.29, 0.717) is 11.7 Å². The average Bonchev–Trinajstić information content (AvgIpc) is 3.16. The second-order valence-electron chi connectivity index (χ2n) is 6.05. The molecule has 1 fully saturated rings. The van der Waals surface area contributed by atoms with Gasteiger partial charge in [-0.3, -0.25) is 19.9 Å². The van der Waals surface area contributed by atoms with E-state index in [0.717, 1.165) is 44.0 Å². The van der Waals surface area contributed by atoms with Crippen LogP contribution in [0.1, 0.15) is 29.3 Å². The molecule has 1 aliphatic heterocycles. The first-order valence-corrected chi connectivity index (χ1v) is 9.20. The van der Waals surface area contributed by atoms with E-state index in [2.05, 4.69) is 35.1 Å². The largest absolute Gasteiger partial charge is 0.322 e. The van der Waals surface area contributed by atoms with Crippen LogP contribution in [0.5, 0.6) is 0 Å². The minimum atomic E-state index is 0.356. The maximum absolute atomic E-state index is 4.62. The minimum Gasteiger partial charge on any atom is -0.322 e. The molecule has 25 heavy (non-hydrogen) atoms. The first-order chi connectivity index (χ1) is 12.4. The summed E-state index contributed by atoms with van der Waals surface area (Å²) < 4.78 is 0.